The Morgan fingerprint density at radius 1 is 1.16 bits per heavy atom. The molecule has 6 heteroatoms. The van der Waals surface area contributed by atoms with Gasteiger partial charge in [0, 0.05) is 30.3 Å². The molecule has 0 aliphatic rings. The molecule has 0 aromatic heterocycles. The van der Waals surface area contributed by atoms with Crippen LogP contribution in [0.25, 0.3) is 6.08 Å². The van der Waals surface area contributed by atoms with Gasteiger partial charge in [0.2, 0.25) is 0 Å². The van der Waals surface area contributed by atoms with Gasteiger partial charge in [-0.3, -0.25) is 4.79 Å². The van der Waals surface area contributed by atoms with E-state index in [0.29, 0.717) is 16.1 Å². The Kier molecular flexibility index (Phi) is 6.71. The van der Waals surface area contributed by atoms with Crippen LogP contribution in [0.4, 0.5) is 4.39 Å². The highest BCUT2D eigenvalue weighted by atomic mass is 35.5. The second-order valence-electron chi connectivity index (χ2n) is 5.30. The number of amides is 1. The fraction of sp³-hybridized carbons (Fsp3) is 0.158. The summed E-state index contributed by atoms with van der Waals surface area (Å²) < 4.78 is 18.5. The van der Waals surface area contributed by atoms with Crippen LogP contribution in [-0.2, 0) is 20.9 Å². The lowest BCUT2D eigenvalue weighted by atomic mass is 10.2. The fourth-order valence-electron chi connectivity index (χ4n) is 2.03. The van der Waals surface area contributed by atoms with Crippen molar-refractivity contribution >= 4 is 29.6 Å². The van der Waals surface area contributed by atoms with Gasteiger partial charge in [0.1, 0.15) is 5.82 Å². The Hall–Kier alpha value is -2.66. The molecule has 0 saturated carbocycles. The molecule has 0 aliphatic heterocycles. The Morgan fingerprint density at radius 2 is 1.84 bits per heavy atom. The van der Waals surface area contributed by atoms with Crippen LogP contribution in [0, 0.1) is 5.82 Å². The fourth-order valence-corrected chi connectivity index (χ4v) is 2.23. The average molecular weight is 362 g/mol. The smallest absolute Gasteiger partial charge is 0.331 e. The SMILES string of the molecule is CN(Cc1ccccc1F)C(=O)COC(=O)/C=C/c1ccccc1Cl. The van der Waals surface area contributed by atoms with Gasteiger partial charge in [-0.2, -0.15) is 0 Å². The molecule has 1 amide bonds. The Balaban J connectivity index is 1.83. The van der Waals surface area contributed by atoms with Gasteiger partial charge >= 0.3 is 5.97 Å². The third-order valence-corrected chi connectivity index (χ3v) is 3.78. The molecule has 25 heavy (non-hydrogen) atoms. The van der Waals surface area contributed by atoms with Crippen LogP contribution in [-0.4, -0.2) is 30.4 Å². The summed E-state index contributed by atoms with van der Waals surface area (Å²) in [6.07, 6.45) is 2.71. The van der Waals surface area contributed by atoms with Crippen molar-refractivity contribution in [3.63, 3.8) is 0 Å². The Bertz CT molecular complexity index is 792. The summed E-state index contributed by atoms with van der Waals surface area (Å²) in [5.41, 5.74) is 1.06. The standard InChI is InChI=1S/C19H17ClFNO3/c1-22(12-15-7-3-5-9-17(15)21)18(23)13-25-19(24)11-10-14-6-2-4-8-16(14)20/h2-11H,12-13H2,1H3/b11-10+. The molecule has 0 spiro atoms. The first-order valence-corrected chi connectivity index (χ1v) is 7.92. The summed E-state index contributed by atoms with van der Waals surface area (Å²) in [6, 6.07) is 13.2. The minimum atomic E-state index is -0.660. The van der Waals surface area contributed by atoms with Crippen LogP contribution in [0.1, 0.15) is 11.1 Å². The lowest BCUT2D eigenvalue weighted by molar-refractivity contribution is -0.147. The van der Waals surface area contributed by atoms with Crippen LogP contribution in [0.5, 0.6) is 0 Å². The predicted molar refractivity (Wildman–Crippen MR) is 94.3 cm³/mol. The number of halogens is 2. The number of benzene rings is 2. The van der Waals surface area contributed by atoms with E-state index in [-0.39, 0.29) is 12.4 Å². The van der Waals surface area contributed by atoms with Crippen molar-refractivity contribution in [3.8, 4) is 0 Å². The molecule has 0 aliphatic carbocycles. The number of nitrogens with zero attached hydrogens (tertiary/aromatic N) is 1. The van der Waals surface area contributed by atoms with Gasteiger partial charge in [-0.1, -0.05) is 48.0 Å². The lowest BCUT2D eigenvalue weighted by Gasteiger charge is -2.17. The quantitative estimate of drug-likeness (QED) is 0.582. The van der Waals surface area contributed by atoms with Crippen molar-refractivity contribution in [1.82, 2.24) is 4.90 Å². The molecule has 0 fully saturated rings. The van der Waals surface area contributed by atoms with E-state index in [1.807, 2.05) is 0 Å². The Morgan fingerprint density at radius 3 is 2.56 bits per heavy atom. The zero-order chi connectivity index (χ0) is 18.2. The van der Waals surface area contributed by atoms with E-state index in [4.69, 9.17) is 16.3 Å². The van der Waals surface area contributed by atoms with E-state index >= 15 is 0 Å². The Labute approximate surface area is 150 Å². The summed E-state index contributed by atoms with van der Waals surface area (Å²) in [6.45, 7) is -0.324. The molecule has 0 heterocycles. The minimum absolute atomic E-state index is 0.0958. The second kappa shape index (κ2) is 8.99. The number of carbonyl (C=O) groups excluding carboxylic acids is 2. The van der Waals surface area contributed by atoms with Gasteiger partial charge in [0.25, 0.3) is 5.91 Å². The first-order chi connectivity index (χ1) is 12.0. The number of esters is 1. The lowest BCUT2D eigenvalue weighted by Crippen LogP contribution is -2.30. The molecule has 0 saturated heterocycles. The van der Waals surface area contributed by atoms with E-state index in [1.165, 1.54) is 30.2 Å². The second-order valence-corrected chi connectivity index (χ2v) is 5.71. The van der Waals surface area contributed by atoms with Crippen LogP contribution < -0.4 is 0 Å². The maximum absolute atomic E-state index is 13.6. The molecule has 0 atom stereocenters. The molecule has 130 valence electrons. The van der Waals surface area contributed by atoms with Gasteiger partial charge < -0.3 is 9.64 Å². The summed E-state index contributed by atoms with van der Waals surface area (Å²) >= 11 is 5.97. The normalized spacial score (nSPS) is 10.7. The molecular formula is C19H17ClFNO3. The number of hydrogen-bond acceptors (Lipinski definition) is 3. The highest BCUT2D eigenvalue weighted by molar-refractivity contribution is 6.32. The van der Waals surface area contributed by atoms with Gasteiger partial charge in [-0.25, -0.2) is 9.18 Å². The maximum atomic E-state index is 13.6. The van der Waals surface area contributed by atoms with Crippen LogP contribution in [0.15, 0.2) is 54.6 Å². The summed E-state index contributed by atoms with van der Waals surface area (Å²) in [7, 11) is 1.52. The number of hydrogen-bond donors (Lipinski definition) is 0. The van der Waals surface area contributed by atoms with Crippen molar-refractivity contribution in [2.24, 2.45) is 0 Å². The van der Waals surface area contributed by atoms with E-state index in [1.54, 1.807) is 42.5 Å². The van der Waals surface area contributed by atoms with E-state index in [2.05, 4.69) is 0 Å². The molecule has 2 rings (SSSR count). The van der Waals surface area contributed by atoms with Crippen LogP contribution >= 0.6 is 11.6 Å². The molecule has 4 nitrogen and oxygen atoms in total. The highest BCUT2D eigenvalue weighted by Crippen LogP contribution is 2.16. The highest BCUT2D eigenvalue weighted by Gasteiger charge is 2.13. The van der Waals surface area contributed by atoms with Gasteiger partial charge in [0.05, 0.1) is 0 Å². The van der Waals surface area contributed by atoms with Crippen molar-refractivity contribution in [1.29, 1.82) is 0 Å². The monoisotopic (exact) mass is 361 g/mol. The van der Waals surface area contributed by atoms with E-state index < -0.39 is 18.5 Å². The molecule has 2 aromatic rings. The molecule has 0 unspecified atom stereocenters. The predicted octanol–water partition coefficient (Wildman–Crippen LogP) is 3.69. The molecular weight excluding hydrogens is 345 g/mol. The number of likely N-dealkylation sites (N-methyl/N-ethyl adjacent to an activating group) is 1. The van der Waals surface area contributed by atoms with Crippen LogP contribution in [0.3, 0.4) is 0 Å². The van der Waals surface area contributed by atoms with E-state index in [0.717, 1.165) is 0 Å². The maximum Gasteiger partial charge on any atom is 0.331 e. The molecule has 2 aromatic carbocycles. The number of carbonyl (C=O) groups is 2. The largest absolute Gasteiger partial charge is 0.452 e. The third-order valence-electron chi connectivity index (χ3n) is 3.43. The zero-order valence-corrected chi connectivity index (χ0v) is 14.4. The van der Waals surface area contributed by atoms with Crippen molar-refractivity contribution in [2.75, 3.05) is 13.7 Å². The van der Waals surface area contributed by atoms with E-state index in [9.17, 15) is 14.0 Å². The molecule has 0 bridgehead atoms. The van der Waals surface area contributed by atoms with Crippen molar-refractivity contribution < 1.29 is 18.7 Å². The molecule has 0 N–H and O–H groups in total. The third kappa shape index (κ3) is 5.72. The van der Waals surface area contributed by atoms with Gasteiger partial charge in [-0.15, -0.1) is 0 Å². The van der Waals surface area contributed by atoms with Crippen molar-refractivity contribution in [3.05, 3.63) is 76.6 Å². The molecule has 0 radical (unpaired) electrons. The topological polar surface area (TPSA) is 46.6 Å². The minimum Gasteiger partial charge on any atom is -0.452 e. The average Bonchev–Trinajstić information content (AvgIpc) is 2.60. The van der Waals surface area contributed by atoms with Gasteiger partial charge in [0.15, 0.2) is 6.61 Å². The first kappa shape index (κ1) is 18.7. The summed E-state index contributed by atoms with van der Waals surface area (Å²) in [5.74, 6) is -1.47. The first-order valence-electron chi connectivity index (χ1n) is 7.54. The number of ether oxygens (including phenoxy) is 1. The van der Waals surface area contributed by atoms with Crippen molar-refractivity contribution in [2.45, 2.75) is 6.54 Å². The number of rotatable bonds is 6. The van der Waals surface area contributed by atoms with Gasteiger partial charge in [-0.05, 0) is 23.8 Å². The summed E-state index contributed by atoms with van der Waals surface area (Å²) in [4.78, 5) is 25.0. The van der Waals surface area contributed by atoms with Crippen LogP contribution in [0.2, 0.25) is 5.02 Å². The summed E-state index contributed by atoms with van der Waals surface area (Å²) in [5, 5.41) is 0.507. The zero-order valence-electron chi connectivity index (χ0n) is 13.6.